The number of carbonyl (C=O) groups excluding carboxylic acids is 1. The third-order valence-corrected chi connectivity index (χ3v) is 3.56. The molecule has 1 heterocycles. The van der Waals surface area contributed by atoms with E-state index < -0.39 is 5.97 Å². The molecular formula is C15H16ClN3O2S. The fourth-order valence-electron chi connectivity index (χ4n) is 1.45. The molecule has 0 fully saturated rings. The van der Waals surface area contributed by atoms with E-state index in [-0.39, 0.29) is 12.2 Å². The molecule has 0 saturated heterocycles. The van der Waals surface area contributed by atoms with Crippen LogP contribution in [0.15, 0.2) is 41.6 Å². The Morgan fingerprint density at radius 2 is 2.41 bits per heavy atom. The second-order valence-corrected chi connectivity index (χ2v) is 5.64. The van der Waals surface area contributed by atoms with Gasteiger partial charge in [-0.1, -0.05) is 37.2 Å². The Morgan fingerprint density at radius 3 is 2.95 bits per heavy atom. The summed E-state index contributed by atoms with van der Waals surface area (Å²) in [6, 6.07) is 5.39. The molecule has 0 unspecified atom stereocenters. The van der Waals surface area contributed by atoms with Crippen molar-refractivity contribution in [3.05, 3.63) is 52.3 Å². The van der Waals surface area contributed by atoms with Gasteiger partial charge in [-0.3, -0.25) is 0 Å². The number of halogens is 1. The molecule has 0 aromatic carbocycles. The van der Waals surface area contributed by atoms with Gasteiger partial charge in [-0.05, 0) is 17.4 Å². The summed E-state index contributed by atoms with van der Waals surface area (Å²) in [5, 5.41) is 13.2. The normalized spacial score (nSPS) is 11.1. The van der Waals surface area contributed by atoms with Crippen molar-refractivity contribution in [2.45, 2.75) is 13.5 Å². The molecule has 0 aliphatic carbocycles. The average Bonchev–Trinajstić information content (AvgIpc) is 2.52. The number of rotatable bonds is 8. The van der Waals surface area contributed by atoms with Crippen molar-refractivity contribution in [3.8, 4) is 6.07 Å². The van der Waals surface area contributed by atoms with E-state index in [0.717, 1.165) is 5.56 Å². The number of nitrogens with one attached hydrogen (secondary N) is 1. The lowest BCUT2D eigenvalue weighted by Gasteiger charge is -2.12. The molecule has 0 amide bonds. The van der Waals surface area contributed by atoms with E-state index in [9.17, 15) is 10.1 Å². The first-order valence-electron chi connectivity index (χ1n) is 6.51. The number of nitrogens with zero attached hydrogens (tertiary/aromatic N) is 2. The second-order valence-electron chi connectivity index (χ2n) is 3.98. The zero-order chi connectivity index (χ0) is 16.4. The Kier molecular flexibility index (Phi) is 8.11. The third-order valence-electron chi connectivity index (χ3n) is 2.41. The first-order chi connectivity index (χ1) is 10.6. The summed E-state index contributed by atoms with van der Waals surface area (Å²) in [6.07, 6.45) is 3.08. The van der Waals surface area contributed by atoms with Crippen molar-refractivity contribution in [1.82, 2.24) is 10.3 Å². The van der Waals surface area contributed by atoms with E-state index in [2.05, 4.69) is 16.9 Å². The van der Waals surface area contributed by atoms with E-state index in [1.54, 1.807) is 12.3 Å². The Hall–Kier alpha value is -1.97. The van der Waals surface area contributed by atoms with Crippen LogP contribution in [0.2, 0.25) is 5.15 Å². The number of esters is 1. The predicted octanol–water partition coefficient (Wildman–Crippen LogP) is 3.04. The molecule has 7 heteroatoms. The fourth-order valence-corrected chi connectivity index (χ4v) is 2.29. The lowest BCUT2D eigenvalue weighted by molar-refractivity contribution is -0.137. The first kappa shape index (κ1) is 18.1. The van der Waals surface area contributed by atoms with E-state index in [4.69, 9.17) is 16.3 Å². The monoisotopic (exact) mass is 337 g/mol. The molecule has 0 aliphatic rings. The van der Waals surface area contributed by atoms with E-state index >= 15 is 0 Å². The van der Waals surface area contributed by atoms with E-state index in [0.29, 0.717) is 22.5 Å². The largest absolute Gasteiger partial charge is 0.457 e. The Morgan fingerprint density at radius 1 is 1.64 bits per heavy atom. The zero-order valence-corrected chi connectivity index (χ0v) is 13.7. The van der Waals surface area contributed by atoms with Gasteiger partial charge in [-0.2, -0.15) is 5.26 Å². The molecular weight excluding hydrogens is 322 g/mol. The second kappa shape index (κ2) is 9.87. The molecule has 116 valence electrons. The highest BCUT2D eigenvalue weighted by molar-refractivity contribution is 8.03. The highest BCUT2D eigenvalue weighted by Crippen LogP contribution is 2.18. The number of carbonyl (C=O) groups is 1. The van der Waals surface area contributed by atoms with Crippen LogP contribution < -0.4 is 5.32 Å². The van der Waals surface area contributed by atoms with Crippen LogP contribution in [0.1, 0.15) is 12.5 Å². The van der Waals surface area contributed by atoms with Gasteiger partial charge >= 0.3 is 5.97 Å². The highest BCUT2D eigenvalue weighted by atomic mass is 35.5. The molecule has 0 spiro atoms. The molecule has 1 rings (SSSR count). The molecule has 22 heavy (non-hydrogen) atoms. The van der Waals surface area contributed by atoms with Crippen LogP contribution in [0.5, 0.6) is 0 Å². The standard InChI is InChI=1S/C15H16ClN3O2S/c1-3-7-21-15(20)12(8-17)14(22-4-2)19-10-11-5-6-13(16)18-9-11/h3,5-6,9,19H,1,4,7,10H2,2H3/b14-12-. The minimum atomic E-state index is -0.667. The number of hydrogen-bond donors (Lipinski definition) is 1. The maximum Gasteiger partial charge on any atom is 0.351 e. The maximum atomic E-state index is 11.9. The van der Waals surface area contributed by atoms with Crippen molar-refractivity contribution in [3.63, 3.8) is 0 Å². The SMILES string of the molecule is C=CCOC(=O)/C(C#N)=C(/NCc1ccc(Cl)nc1)SCC. The summed E-state index contributed by atoms with van der Waals surface area (Å²) in [6.45, 7) is 5.89. The van der Waals surface area contributed by atoms with Crippen LogP contribution in [0.4, 0.5) is 0 Å². The average molecular weight is 338 g/mol. The number of thioether (sulfide) groups is 1. The quantitative estimate of drug-likeness (QED) is 0.258. The molecule has 0 atom stereocenters. The molecule has 1 N–H and O–H groups in total. The van der Waals surface area contributed by atoms with Gasteiger partial charge in [0.05, 0.1) is 5.03 Å². The summed E-state index contributed by atoms with van der Waals surface area (Å²) < 4.78 is 4.92. The van der Waals surface area contributed by atoms with Gasteiger partial charge in [0.2, 0.25) is 0 Å². The minimum absolute atomic E-state index is 0.0457. The molecule has 5 nitrogen and oxygen atoms in total. The Labute approximate surface area is 139 Å². The van der Waals surface area contributed by atoms with Crippen molar-refractivity contribution < 1.29 is 9.53 Å². The van der Waals surface area contributed by atoms with Gasteiger partial charge in [0.15, 0.2) is 5.57 Å². The molecule has 1 aromatic heterocycles. The van der Waals surface area contributed by atoms with Crippen LogP contribution in [0.25, 0.3) is 0 Å². The number of aromatic nitrogens is 1. The summed E-state index contributed by atoms with van der Waals surface area (Å²) in [7, 11) is 0. The van der Waals surface area contributed by atoms with E-state index in [1.807, 2.05) is 19.1 Å². The van der Waals surface area contributed by atoms with Crippen molar-refractivity contribution >= 4 is 29.3 Å². The Balaban J connectivity index is 2.86. The third kappa shape index (κ3) is 5.80. The first-order valence-corrected chi connectivity index (χ1v) is 7.88. The van der Waals surface area contributed by atoms with Crippen molar-refractivity contribution in [2.75, 3.05) is 12.4 Å². The number of pyridine rings is 1. The predicted molar refractivity (Wildman–Crippen MR) is 88.0 cm³/mol. The van der Waals surface area contributed by atoms with Gasteiger partial charge in [-0.15, -0.1) is 11.8 Å². The maximum absolute atomic E-state index is 11.9. The minimum Gasteiger partial charge on any atom is -0.457 e. The van der Waals surface area contributed by atoms with E-state index in [1.165, 1.54) is 17.8 Å². The van der Waals surface area contributed by atoms with Crippen LogP contribution in [-0.2, 0) is 16.1 Å². The number of ether oxygens (including phenoxy) is 1. The van der Waals surface area contributed by atoms with Crippen LogP contribution in [0.3, 0.4) is 0 Å². The molecule has 0 aliphatic heterocycles. The molecule has 0 saturated carbocycles. The van der Waals surface area contributed by atoms with Crippen molar-refractivity contribution in [1.29, 1.82) is 5.26 Å². The van der Waals surface area contributed by atoms with Gasteiger partial charge < -0.3 is 10.1 Å². The van der Waals surface area contributed by atoms with Crippen molar-refractivity contribution in [2.24, 2.45) is 0 Å². The topological polar surface area (TPSA) is 75.0 Å². The van der Waals surface area contributed by atoms with Crippen LogP contribution >= 0.6 is 23.4 Å². The lowest BCUT2D eigenvalue weighted by atomic mass is 10.3. The molecule has 0 radical (unpaired) electrons. The smallest absolute Gasteiger partial charge is 0.351 e. The number of hydrogen-bond acceptors (Lipinski definition) is 6. The zero-order valence-electron chi connectivity index (χ0n) is 12.1. The number of nitriles is 1. The molecule has 1 aromatic rings. The fraction of sp³-hybridized carbons (Fsp3) is 0.267. The Bertz CT molecular complexity index is 594. The van der Waals surface area contributed by atoms with Gasteiger partial charge in [0, 0.05) is 12.7 Å². The van der Waals surface area contributed by atoms with Gasteiger partial charge in [0.25, 0.3) is 0 Å². The highest BCUT2D eigenvalue weighted by Gasteiger charge is 2.17. The lowest BCUT2D eigenvalue weighted by Crippen LogP contribution is -2.18. The van der Waals surface area contributed by atoms with Gasteiger partial charge in [-0.25, -0.2) is 9.78 Å². The van der Waals surface area contributed by atoms with Crippen LogP contribution in [0, 0.1) is 11.3 Å². The summed E-state index contributed by atoms with van der Waals surface area (Å²) in [4.78, 5) is 15.9. The van der Waals surface area contributed by atoms with Gasteiger partial charge in [0.1, 0.15) is 17.8 Å². The molecule has 0 bridgehead atoms. The van der Waals surface area contributed by atoms with Crippen LogP contribution in [-0.4, -0.2) is 23.3 Å². The summed E-state index contributed by atoms with van der Waals surface area (Å²) in [5.74, 6) is 0.0429. The summed E-state index contributed by atoms with van der Waals surface area (Å²) in [5.41, 5.74) is 0.839. The summed E-state index contributed by atoms with van der Waals surface area (Å²) >= 11 is 7.10.